The largest absolute Gasteiger partial charge is 0.386 e. The lowest BCUT2D eigenvalue weighted by molar-refractivity contribution is 0.188. The van der Waals surface area contributed by atoms with Crippen LogP contribution in [-0.2, 0) is 19.4 Å². The maximum Gasteiger partial charge on any atom is 0.126 e. The second-order valence-electron chi connectivity index (χ2n) is 12.6. The number of aromatic nitrogens is 4. The number of hydrogen-bond acceptors (Lipinski definition) is 5. The molecule has 7 nitrogen and oxygen atoms in total. The third kappa shape index (κ3) is 7.25. The molecule has 4 aromatic rings. The van der Waals surface area contributed by atoms with Crippen LogP contribution in [0.25, 0.3) is 33.6 Å². The summed E-state index contributed by atoms with van der Waals surface area (Å²) in [6.07, 6.45) is 12.3. The Morgan fingerprint density at radius 1 is 0.933 bits per heavy atom. The molecule has 0 saturated carbocycles. The van der Waals surface area contributed by atoms with E-state index in [4.69, 9.17) is 9.97 Å². The highest BCUT2D eigenvalue weighted by Gasteiger charge is 2.26. The first-order valence-electron chi connectivity index (χ1n) is 16.7. The van der Waals surface area contributed by atoms with Gasteiger partial charge in [-0.3, -0.25) is 4.90 Å². The first-order chi connectivity index (χ1) is 21.9. The van der Waals surface area contributed by atoms with Crippen molar-refractivity contribution in [1.29, 1.82) is 0 Å². The van der Waals surface area contributed by atoms with Gasteiger partial charge in [-0.25, -0.2) is 9.97 Å². The lowest BCUT2D eigenvalue weighted by atomic mass is 9.83. The van der Waals surface area contributed by atoms with Gasteiger partial charge in [0.05, 0.1) is 42.9 Å². The Labute approximate surface area is 269 Å². The molecule has 7 heteroatoms. The lowest BCUT2D eigenvalue weighted by Gasteiger charge is -2.30. The zero-order valence-corrected chi connectivity index (χ0v) is 27.9. The van der Waals surface area contributed by atoms with Crippen LogP contribution in [0.5, 0.6) is 0 Å². The molecule has 2 aromatic heterocycles. The zero-order chi connectivity index (χ0) is 31.9. The van der Waals surface area contributed by atoms with Gasteiger partial charge < -0.3 is 20.2 Å². The van der Waals surface area contributed by atoms with Crippen LogP contribution < -0.4 is 5.32 Å². The number of rotatable bonds is 16. The summed E-state index contributed by atoms with van der Waals surface area (Å²) in [6, 6.07) is 14.0. The second-order valence-corrected chi connectivity index (χ2v) is 12.6. The predicted octanol–water partition coefficient (Wildman–Crippen LogP) is 8.12. The average molecular weight is 606 g/mol. The Bertz CT molecular complexity index is 1590. The fraction of sp³-hybridized carbons (Fsp3) is 0.421. The van der Waals surface area contributed by atoms with Crippen molar-refractivity contribution < 1.29 is 0 Å². The first kappa shape index (κ1) is 32.3. The number of aromatic amines is 2. The number of H-pyrrole nitrogens is 2. The molecule has 1 aliphatic carbocycles. The fourth-order valence-electron chi connectivity index (χ4n) is 6.90. The van der Waals surface area contributed by atoms with Crippen molar-refractivity contribution in [2.45, 2.75) is 71.9 Å². The van der Waals surface area contributed by atoms with Crippen LogP contribution in [0.15, 0.2) is 73.8 Å². The number of benzene rings is 2. The summed E-state index contributed by atoms with van der Waals surface area (Å²) in [5.74, 6) is 2.60. The Morgan fingerprint density at radius 3 is 2.16 bits per heavy atom. The van der Waals surface area contributed by atoms with Crippen molar-refractivity contribution in [3.8, 4) is 33.6 Å². The summed E-state index contributed by atoms with van der Waals surface area (Å²) in [7, 11) is 4.34. The summed E-state index contributed by atoms with van der Waals surface area (Å²) >= 11 is 0. The molecule has 3 N–H and O–H groups in total. The molecule has 1 aliphatic rings. The van der Waals surface area contributed by atoms with E-state index in [0.717, 1.165) is 61.0 Å². The number of nitrogens with zero attached hydrogens (tertiary/aromatic N) is 4. The molecular weight excluding hydrogens is 554 g/mol. The molecule has 238 valence electrons. The summed E-state index contributed by atoms with van der Waals surface area (Å²) < 4.78 is 0. The summed E-state index contributed by atoms with van der Waals surface area (Å²) in [6.45, 7) is 17.1. The molecule has 5 rings (SSSR count). The van der Waals surface area contributed by atoms with Gasteiger partial charge in [0.15, 0.2) is 0 Å². The van der Waals surface area contributed by atoms with Crippen molar-refractivity contribution in [2.24, 2.45) is 5.92 Å². The topological polar surface area (TPSA) is 75.9 Å². The van der Waals surface area contributed by atoms with Crippen LogP contribution in [0.4, 0.5) is 0 Å². The zero-order valence-electron chi connectivity index (χ0n) is 27.9. The minimum atomic E-state index is 0.294. The smallest absolute Gasteiger partial charge is 0.126 e. The number of hydrogen-bond donors (Lipinski definition) is 3. The Hall–Kier alpha value is -4.10. The molecule has 0 amide bonds. The van der Waals surface area contributed by atoms with Crippen LogP contribution in [0.3, 0.4) is 0 Å². The Morgan fingerprint density at radius 2 is 1.58 bits per heavy atom. The van der Waals surface area contributed by atoms with Gasteiger partial charge in [0.1, 0.15) is 11.6 Å². The van der Waals surface area contributed by atoms with E-state index < -0.39 is 0 Å². The van der Waals surface area contributed by atoms with Crippen molar-refractivity contribution in [3.05, 3.63) is 96.6 Å². The number of aryl methyl sites for hydroxylation is 2. The molecular formula is C38H51N7. The predicted molar refractivity (Wildman–Crippen MR) is 188 cm³/mol. The minimum Gasteiger partial charge on any atom is -0.386 e. The molecule has 0 fully saturated rings. The van der Waals surface area contributed by atoms with Crippen molar-refractivity contribution >= 4 is 0 Å². The van der Waals surface area contributed by atoms with Crippen LogP contribution in [0.2, 0.25) is 0 Å². The SMILES string of the molecule is C=CNCC(=C)N(CCC)Cc1ncc(-c2ccc3c(c2)CCc2cc(-c4cnc(C([C@H](CC)CCC)N(C)C)[nH]4)ccc2-3)[nH]1. The molecule has 2 aromatic carbocycles. The van der Waals surface area contributed by atoms with Gasteiger partial charge in [0, 0.05) is 12.2 Å². The van der Waals surface area contributed by atoms with Gasteiger partial charge in [-0.05, 0) is 97.4 Å². The van der Waals surface area contributed by atoms with Crippen molar-refractivity contribution in [1.82, 2.24) is 35.1 Å². The number of fused-ring (bicyclic) bond motifs is 3. The van der Waals surface area contributed by atoms with E-state index in [1.54, 1.807) is 6.20 Å². The lowest BCUT2D eigenvalue weighted by Crippen LogP contribution is -2.28. The molecule has 0 radical (unpaired) electrons. The van der Waals surface area contributed by atoms with Gasteiger partial charge in [-0.15, -0.1) is 0 Å². The molecule has 2 heterocycles. The molecule has 45 heavy (non-hydrogen) atoms. The van der Waals surface area contributed by atoms with E-state index in [1.807, 2.05) is 12.4 Å². The quantitative estimate of drug-likeness (QED) is 0.120. The maximum absolute atomic E-state index is 4.88. The standard InChI is InChI=1S/C38H51N7/c1-8-12-27(10-3)37(44(6)7)38-41-24-35(43-38)31-16-18-33-29(21-31)14-13-28-20-30(15-17-32(28)33)34-23-40-36(42-34)25-45(19-9-2)26(5)22-39-11-4/h11,15-18,20-21,23-24,27,37,39H,4-5,8-10,12-14,19,22,25H2,1-3,6-7H3,(H,40,42)(H,41,43)/t27-,37?/m1/s1. The van der Waals surface area contributed by atoms with Crippen LogP contribution in [0.1, 0.15) is 75.3 Å². The highest BCUT2D eigenvalue weighted by Crippen LogP contribution is 2.38. The van der Waals surface area contributed by atoms with E-state index in [2.05, 4.69) is 110 Å². The third-order valence-corrected chi connectivity index (χ3v) is 9.21. The third-order valence-electron chi connectivity index (χ3n) is 9.21. The van der Waals surface area contributed by atoms with Gasteiger partial charge in [0.25, 0.3) is 0 Å². The minimum absolute atomic E-state index is 0.294. The fourth-order valence-corrected chi connectivity index (χ4v) is 6.90. The average Bonchev–Trinajstić information content (AvgIpc) is 3.73. The van der Waals surface area contributed by atoms with E-state index in [1.165, 1.54) is 46.2 Å². The summed E-state index contributed by atoms with van der Waals surface area (Å²) in [5, 5.41) is 3.16. The highest BCUT2D eigenvalue weighted by molar-refractivity contribution is 5.79. The van der Waals surface area contributed by atoms with Crippen LogP contribution in [-0.4, -0.2) is 56.9 Å². The normalized spacial score (nSPS) is 13.6. The van der Waals surface area contributed by atoms with Gasteiger partial charge >= 0.3 is 0 Å². The molecule has 0 spiro atoms. The van der Waals surface area contributed by atoms with E-state index in [9.17, 15) is 0 Å². The van der Waals surface area contributed by atoms with Crippen LogP contribution >= 0.6 is 0 Å². The van der Waals surface area contributed by atoms with Gasteiger partial charge in [-0.1, -0.05) is 71.0 Å². The molecule has 1 unspecified atom stereocenters. The second kappa shape index (κ2) is 14.8. The maximum atomic E-state index is 4.88. The molecule has 0 aliphatic heterocycles. The molecule has 0 bridgehead atoms. The first-order valence-corrected chi connectivity index (χ1v) is 16.7. The monoisotopic (exact) mass is 605 g/mol. The Kier molecular flexibility index (Phi) is 10.6. The highest BCUT2D eigenvalue weighted by atomic mass is 15.2. The molecule has 2 atom stereocenters. The van der Waals surface area contributed by atoms with E-state index in [0.29, 0.717) is 25.0 Å². The van der Waals surface area contributed by atoms with E-state index >= 15 is 0 Å². The van der Waals surface area contributed by atoms with Crippen molar-refractivity contribution in [3.63, 3.8) is 0 Å². The van der Waals surface area contributed by atoms with Gasteiger partial charge in [-0.2, -0.15) is 0 Å². The number of imidazole rings is 2. The van der Waals surface area contributed by atoms with E-state index in [-0.39, 0.29) is 0 Å². The van der Waals surface area contributed by atoms with Crippen LogP contribution in [0, 0.1) is 5.92 Å². The molecule has 0 saturated heterocycles. The summed E-state index contributed by atoms with van der Waals surface area (Å²) in [4.78, 5) is 21.5. The summed E-state index contributed by atoms with van der Waals surface area (Å²) in [5.41, 5.74) is 11.0. The Balaban J connectivity index is 1.33. The number of nitrogens with one attached hydrogen (secondary N) is 3. The van der Waals surface area contributed by atoms with Crippen molar-refractivity contribution in [2.75, 3.05) is 27.2 Å². The van der Waals surface area contributed by atoms with Gasteiger partial charge in [0.2, 0.25) is 0 Å².